The number of nitrogens with zero attached hydrogens (tertiary/aromatic N) is 1. The summed E-state index contributed by atoms with van der Waals surface area (Å²) in [5.41, 5.74) is 1.10. The number of benzene rings is 1. The van der Waals surface area contributed by atoms with Gasteiger partial charge < -0.3 is 5.11 Å². The van der Waals surface area contributed by atoms with E-state index in [1.165, 1.54) is 0 Å². The molecule has 1 atom stereocenters. The van der Waals surface area contributed by atoms with E-state index in [1.807, 2.05) is 19.2 Å². The fourth-order valence-electron chi connectivity index (χ4n) is 1.98. The highest BCUT2D eigenvalue weighted by atomic mass is 16.3. The lowest BCUT2D eigenvalue weighted by Crippen LogP contribution is -2.31. The Morgan fingerprint density at radius 3 is 2.60 bits per heavy atom. The van der Waals surface area contributed by atoms with Crippen LogP contribution in [0, 0.1) is 0 Å². The van der Waals surface area contributed by atoms with E-state index >= 15 is 0 Å². The molecule has 1 unspecified atom stereocenters. The van der Waals surface area contributed by atoms with Crippen LogP contribution < -0.4 is 0 Å². The summed E-state index contributed by atoms with van der Waals surface area (Å²) >= 11 is 0. The maximum Gasteiger partial charge on any atom is 0.151 e. The highest BCUT2D eigenvalue weighted by Crippen LogP contribution is 2.18. The Hall–Kier alpha value is -1.35. The van der Waals surface area contributed by atoms with Gasteiger partial charge in [0.25, 0.3) is 0 Å². The zero-order valence-corrected chi connectivity index (χ0v) is 8.81. The number of hydrogen-bond acceptors (Lipinski definition) is 3. The second-order valence-electron chi connectivity index (χ2n) is 4.08. The van der Waals surface area contributed by atoms with Crippen LogP contribution in [0.1, 0.15) is 12.0 Å². The van der Waals surface area contributed by atoms with Gasteiger partial charge >= 0.3 is 0 Å². The lowest BCUT2D eigenvalue weighted by atomic mass is 10.0. The number of phenols is 1. The van der Waals surface area contributed by atoms with Gasteiger partial charge in [-0.15, -0.1) is 0 Å². The van der Waals surface area contributed by atoms with E-state index in [4.69, 9.17) is 5.11 Å². The molecule has 3 heteroatoms. The van der Waals surface area contributed by atoms with Gasteiger partial charge in [0.15, 0.2) is 5.78 Å². The first kappa shape index (κ1) is 10.2. The van der Waals surface area contributed by atoms with Gasteiger partial charge in [0.05, 0.1) is 6.04 Å². The van der Waals surface area contributed by atoms with Gasteiger partial charge in [0.1, 0.15) is 5.75 Å². The number of aromatic hydroxyl groups is 1. The van der Waals surface area contributed by atoms with Crippen molar-refractivity contribution in [3.63, 3.8) is 0 Å². The molecule has 1 heterocycles. The van der Waals surface area contributed by atoms with E-state index in [9.17, 15) is 4.79 Å². The molecule has 1 aliphatic rings. The van der Waals surface area contributed by atoms with E-state index in [0.717, 1.165) is 18.5 Å². The van der Waals surface area contributed by atoms with Crippen LogP contribution in [0.2, 0.25) is 0 Å². The lowest BCUT2D eigenvalue weighted by Gasteiger charge is -2.17. The standard InChI is InChI=1S/C12H15NO2/c1-13-7-6-12(15)11(13)8-9-2-4-10(14)5-3-9/h2-5,11,14H,6-8H2,1H3. The van der Waals surface area contributed by atoms with Crippen molar-refractivity contribution >= 4 is 5.78 Å². The molecular weight excluding hydrogens is 190 g/mol. The van der Waals surface area contributed by atoms with Gasteiger partial charge in [-0.25, -0.2) is 0 Å². The van der Waals surface area contributed by atoms with Crippen LogP contribution in [0.3, 0.4) is 0 Å². The highest BCUT2D eigenvalue weighted by Gasteiger charge is 2.29. The van der Waals surface area contributed by atoms with Crippen LogP contribution in [0.25, 0.3) is 0 Å². The molecule has 0 radical (unpaired) electrons. The fraction of sp³-hybridized carbons (Fsp3) is 0.417. The lowest BCUT2D eigenvalue weighted by molar-refractivity contribution is -0.119. The molecule has 0 aromatic heterocycles. The van der Waals surface area contributed by atoms with Crippen molar-refractivity contribution in [3.05, 3.63) is 29.8 Å². The summed E-state index contributed by atoms with van der Waals surface area (Å²) in [4.78, 5) is 13.7. The Morgan fingerprint density at radius 1 is 1.40 bits per heavy atom. The number of phenolic OH excluding ortho intramolecular Hbond substituents is 1. The molecule has 0 aliphatic carbocycles. The maximum absolute atomic E-state index is 11.6. The molecule has 1 aliphatic heterocycles. The van der Waals surface area contributed by atoms with Crippen molar-refractivity contribution in [2.24, 2.45) is 0 Å². The number of ketones is 1. The molecular formula is C12H15NO2. The van der Waals surface area contributed by atoms with Crippen LogP contribution in [-0.4, -0.2) is 35.4 Å². The minimum absolute atomic E-state index is 0.0227. The SMILES string of the molecule is CN1CCC(=O)C1Cc1ccc(O)cc1. The summed E-state index contributed by atoms with van der Waals surface area (Å²) < 4.78 is 0. The first-order valence-electron chi connectivity index (χ1n) is 5.17. The van der Waals surface area contributed by atoms with Gasteiger partial charge in [-0.1, -0.05) is 12.1 Å². The Morgan fingerprint density at radius 2 is 2.07 bits per heavy atom. The Kier molecular flexibility index (Phi) is 2.73. The molecule has 1 aromatic carbocycles. The number of carbonyl (C=O) groups excluding carboxylic acids is 1. The van der Waals surface area contributed by atoms with E-state index in [1.54, 1.807) is 12.1 Å². The van der Waals surface area contributed by atoms with Gasteiger partial charge in [-0.2, -0.15) is 0 Å². The second-order valence-corrected chi connectivity index (χ2v) is 4.08. The minimum atomic E-state index is 0.0227. The third kappa shape index (κ3) is 2.18. The molecule has 1 fully saturated rings. The number of carbonyl (C=O) groups is 1. The van der Waals surface area contributed by atoms with Crippen LogP contribution in [0.5, 0.6) is 5.75 Å². The van der Waals surface area contributed by atoms with Crippen molar-refractivity contribution in [1.29, 1.82) is 0 Å². The number of likely N-dealkylation sites (tertiary alicyclic amines) is 1. The molecule has 2 rings (SSSR count). The third-order valence-electron chi connectivity index (χ3n) is 2.98. The molecule has 1 saturated heterocycles. The molecule has 0 spiro atoms. The molecule has 0 saturated carbocycles. The molecule has 0 amide bonds. The van der Waals surface area contributed by atoms with E-state index < -0.39 is 0 Å². The van der Waals surface area contributed by atoms with E-state index in [0.29, 0.717) is 12.2 Å². The fourth-order valence-corrected chi connectivity index (χ4v) is 1.98. The van der Waals surface area contributed by atoms with Crippen molar-refractivity contribution in [2.45, 2.75) is 18.9 Å². The quantitative estimate of drug-likeness (QED) is 0.789. The average molecular weight is 205 g/mol. The monoisotopic (exact) mass is 205 g/mol. The largest absolute Gasteiger partial charge is 0.508 e. The van der Waals surface area contributed by atoms with Crippen LogP contribution >= 0.6 is 0 Å². The van der Waals surface area contributed by atoms with Gasteiger partial charge in [-0.05, 0) is 31.2 Å². The zero-order chi connectivity index (χ0) is 10.8. The Bertz CT molecular complexity index is 358. The predicted octanol–water partition coefficient (Wildman–Crippen LogP) is 1.21. The second kappa shape index (κ2) is 4.03. The van der Waals surface area contributed by atoms with Crippen molar-refractivity contribution in [2.75, 3.05) is 13.6 Å². The Balaban J connectivity index is 2.08. The average Bonchev–Trinajstić information content (AvgIpc) is 2.53. The summed E-state index contributed by atoms with van der Waals surface area (Å²) in [7, 11) is 1.98. The van der Waals surface area contributed by atoms with Crippen LogP contribution in [-0.2, 0) is 11.2 Å². The summed E-state index contributed by atoms with van der Waals surface area (Å²) in [6, 6.07) is 7.09. The number of Topliss-reactive ketones (excluding diaryl/α,β-unsaturated/α-hetero) is 1. The zero-order valence-electron chi connectivity index (χ0n) is 8.81. The van der Waals surface area contributed by atoms with Crippen LogP contribution in [0.15, 0.2) is 24.3 Å². The van der Waals surface area contributed by atoms with E-state index in [-0.39, 0.29) is 11.8 Å². The topological polar surface area (TPSA) is 40.5 Å². The molecule has 15 heavy (non-hydrogen) atoms. The van der Waals surface area contributed by atoms with E-state index in [2.05, 4.69) is 4.90 Å². The first-order chi connectivity index (χ1) is 7.16. The van der Waals surface area contributed by atoms with Gasteiger partial charge in [0.2, 0.25) is 0 Å². The molecule has 1 aromatic rings. The molecule has 1 N–H and O–H groups in total. The van der Waals surface area contributed by atoms with Gasteiger partial charge in [0, 0.05) is 13.0 Å². The highest BCUT2D eigenvalue weighted by molar-refractivity contribution is 5.86. The third-order valence-corrected chi connectivity index (χ3v) is 2.98. The number of hydrogen-bond donors (Lipinski definition) is 1. The normalized spacial score (nSPS) is 22.2. The number of likely N-dealkylation sites (N-methyl/N-ethyl adjacent to an activating group) is 1. The molecule has 3 nitrogen and oxygen atoms in total. The summed E-state index contributed by atoms with van der Waals surface area (Å²) in [5, 5.41) is 9.14. The smallest absolute Gasteiger partial charge is 0.151 e. The first-order valence-corrected chi connectivity index (χ1v) is 5.17. The van der Waals surface area contributed by atoms with Crippen molar-refractivity contribution in [3.8, 4) is 5.75 Å². The summed E-state index contributed by atoms with van der Waals surface area (Å²) in [6.07, 6.45) is 1.41. The molecule has 80 valence electrons. The predicted molar refractivity (Wildman–Crippen MR) is 57.9 cm³/mol. The molecule has 0 bridgehead atoms. The summed E-state index contributed by atoms with van der Waals surface area (Å²) in [6.45, 7) is 0.863. The van der Waals surface area contributed by atoms with Crippen molar-refractivity contribution in [1.82, 2.24) is 4.90 Å². The summed E-state index contributed by atoms with van der Waals surface area (Å²) in [5.74, 6) is 0.593. The van der Waals surface area contributed by atoms with Crippen molar-refractivity contribution < 1.29 is 9.90 Å². The maximum atomic E-state index is 11.6. The van der Waals surface area contributed by atoms with Gasteiger partial charge in [-0.3, -0.25) is 9.69 Å². The Labute approximate surface area is 89.3 Å². The number of rotatable bonds is 2. The van der Waals surface area contributed by atoms with Crippen LogP contribution in [0.4, 0.5) is 0 Å². The minimum Gasteiger partial charge on any atom is -0.508 e.